The van der Waals surface area contributed by atoms with Crippen molar-refractivity contribution in [3.8, 4) is 0 Å². The number of amides is 2. The first-order valence-electron chi connectivity index (χ1n) is 11.3. The maximum absolute atomic E-state index is 13.1. The third-order valence-electron chi connectivity index (χ3n) is 5.44. The molecular weight excluding hydrogens is 452 g/mol. The Labute approximate surface area is 202 Å². The molecule has 1 aliphatic heterocycles. The van der Waals surface area contributed by atoms with Gasteiger partial charge in [0, 0.05) is 29.9 Å². The molecule has 0 radical (unpaired) electrons. The highest BCUT2D eigenvalue weighted by Crippen LogP contribution is 2.20. The quantitative estimate of drug-likeness (QED) is 0.430. The molecule has 8 nitrogen and oxygen atoms in total. The van der Waals surface area contributed by atoms with Crippen LogP contribution >= 0.6 is 11.8 Å². The zero-order valence-corrected chi connectivity index (χ0v) is 19.8. The maximum Gasteiger partial charge on any atom is 0.408 e. The summed E-state index contributed by atoms with van der Waals surface area (Å²) in [4.78, 5) is 34.2. The number of carbonyl (C=O) groups is 2. The second kappa shape index (κ2) is 11.6. The molecule has 3 aromatic rings. The van der Waals surface area contributed by atoms with E-state index in [1.807, 2.05) is 60.8 Å². The molecule has 9 heteroatoms. The van der Waals surface area contributed by atoms with Gasteiger partial charge in [-0.05, 0) is 22.9 Å². The standard InChI is InChI=1S/C25H28N4O4S/c1-2-34-23-13-19(33-29-23)15-27-24(30)22(12-18-14-26-21-11-7-6-10-20(18)21)28-25(31)32-16-17-8-4-3-5-9-17/h3-11,14,19,22,26H,2,12-13,15-16H2,1H3,(H,27,30)(H,28,31)/t19?,22-/m0/s1. The van der Waals surface area contributed by atoms with Gasteiger partial charge in [0.1, 0.15) is 17.7 Å². The van der Waals surface area contributed by atoms with E-state index in [1.165, 1.54) is 0 Å². The van der Waals surface area contributed by atoms with Crippen LogP contribution in [0.4, 0.5) is 4.79 Å². The molecule has 2 heterocycles. The lowest BCUT2D eigenvalue weighted by atomic mass is 10.0. The van der Waals surface area contributed by atoms with Crippen LogP contribution in [0.3, 0.4) is 0 Å². The summed E-state index contributed by atoms with van der Waals surface area (Å²) in [5.41, 5.74) is 2.77. The van der Waals surface area contributed by atoms with Crippen LogP contribution in [0.1, 0.15) is 24.5 Å². The molecule has 2 amide bonds. The average molecular weight is 481 g/mol. The van der Waals surface area contributed by atoms with Crippen LogP contribution in [0.25, 0.3) is 10.9 Å². The molecule has 0 spiro atoms. The molecule has 2 atom stereocenters. The van der Waals surface area contributed by atoms with Crippen molar-refractivity contribution in [3.05, 3.63) is 71.9 Å². The summed E-state index contributed by atoms with van der Waals surface area (Å²) in [7, 11) is 0. The predicted octanol–water partition coefficient (Wildman–Crippen LogP) is 3.98. The number of H-pyrrole nitrogens is 1. The highest BCUT2D eigenvalue weighted by Gasteiger charge is 2.26. The normalized spacial score (nSPS) is 15.9. The Hall–Kier alpha value is -3.46. The molecule has 4 rings (SSSR count). The van der Waals surface area contributed by atoms with E-state index in [9.17, 15) is 9.59 Å². The van der Waals surface area contributed by atoms with Crippen LogP contribution in [0.2, 0.25) is 0 Å². The summed E-state index contributed by atoms with van der Waals surface area (Å²) >= 11 is 1.63. The number of hydrogen-bond acceptors (Lipinski definition) is 6. The SMILES string of the molecule is CCSC1=NOC(CNC(=O)[C@H](Cc2c[nH]c3ccccc23)NC(=O)OCc2ccccc2)C1. The smallest absolute Gasteiger partial charge is 0.408 e. The van der Waals surface area contributed by atoms with Gasteiger partial charge in [0.25, 0.3) is 0 Å². The minimum absolute atomic E-state index is 0.124. The highest BCUT2D eigenvalue weighted by atomic mass is 32.2. The van der Waals surface area contributed by atoms with Gasteiger partial charge in [-0.3, -0.25) is 4.79 Å². The fourth-order valence-electron chi connectivity index (χ4n) is 3.74. The molecule has 3 N–H and O–H groups in total. The minimum Gasteiger partial charge on any atom is -0.445 e. The van der Waals surface area contributed by atoms with Crippen molar-refractivity contribution in [1.82, 2.24) is 15.6 Å². The van der Waals surface area contributed by atoms with Gasteiger partial charge < -0.3 is 25.2 Å². The van der Waals surface area contributed by atoms with Gasteiger partial charge >= 0.3 is 6.09 Å². The lowest BCUT2D eigenvalue weighted by Crippen LogP contribution is -2.49. The van der Waals surface area contributed by atoms with Crippen LogP contribution in [0, 0.1) is 0 Å². The van der Waals surface area contributed by atoms with Crippen molar-refractivity contribution in [2.45, 2.75) is 38.5 Å². The largest absolute Gasteiger partial charge is 0.445 e. The van der Waals surface area contributed by atoms with E-state index >= 15 is 0 Å². The van der Waals surface area contributed by atoms with Gasteiger partial charge in [-0.15, -0.1) is 11.8 Å². The number of alkyl carbamates (subject to hydrolysis) is 1. The van der Waals surface area contributed by atoms with E-state index in [0.29, 0.717) is 19.4 Å². The second-order valence-corrected chi connectivity index (χ2v) is 9.25. The van der Waals surface area contributed by atoms with Crippen molar-refractivity contribution < 1.29 is 19.2 Å². The summed E-state index contributed by atoms with van der Waals surface area (Å²) in [5.74, 6) is 0.616. The molecule has 0 fully saturated rings. The Morgan fingerprint density at radius 1 is 1.21 bits per heavy atom. The number of rotatable bonds is 9. The first kappa shape index (κ1) is 23.7. The van der Waals surface area contributed by atoms with Crippen LogP contribution in [0.15, 0.2) is 65.9 Å². The molecule has 34 heavy (non-hydrogen) atoms. The number of aromatic nitrogens is 1. The summed E-state index contributed by atoms with van der Waals surface area (Å²) < 4.78 is 5.35. The number of thioether (sulfide) groups is 1. The molecular formula is C25H28N4O4S. The van der Waals surface area contributed by atoms with Crippen molar-refractivity contribution in [2.75, 3.05) is 12.3 Å². The third-order valence-corrected chi connectivity index (χ3v) is 6.30. The summed E-state index contributed by atoms with van der Waals surface area (Å²) in [6.45, 7) is 2.49. The lowest BCUT2D eigenvalue weighted by Gasteiger charge is -2.19. The number of aromatic amines is 1. The number of hydrogen-bond donors (Lipinski definition) is 3. The second-order valence-electron chi connectivity index (χ2n) is 7.92. The molecule has 1 aromatic heterocycles. The fraction of sp³-hybridized carbons (Fsp3) is 0.320. The molecule has 2 aromatic carbocycles. The van der Waals surface area contributed by atoms with Crippen LogP contribution in [0.5, 0.6) is 0 Å². The molecule has 0 saturated carbocycles. The fourth-order valence-corrected chi connectivity index (χ4v) is 4.47. The zero-order valence-electron chi connectivity index (χ0n) is 19.0. The van der Waals surface area contributed by atoms with Crippen LogP contribution in [-0.2, 0) is 27.4 Å². The number of oxime groups is 1. The van der Waals surface area contributed by atoms with Crippen molar-refractivity contribution in [1.29, 1.82) is 0 Å². The minimum atomic E-state index is -0.811. The van der Waals surface area contributed by atoms with E-state index in [1.54, 1.807) is 11.8 Å². The van der Waals surface area contributed by atoms with Gasteiger partial charge in [0.2, 0.25) is 5.91 Å². The number of carbonyl (C=O) groups excluding carboxylic acids is 2. The highest BCUT2D eigenvalue weighted by molar-refractivity contribution is 8.13. The Balaban J connectivity index is 1.39. The summed E-state index contributed by atoms with van der Waals surface area (Å²) in [6.07, 6.45) is 1.99. The van der Waals surface area contributed by atoms with Crippen LogP contribution in [-0.4, -0.2) is 46.5 Å². The van der Waals surface area contributed by atoms with E-state index in [-0.39, 0.29) is 18.6 Å². The summed E-state index contributed by atoms with van der Waals surface area (Å²) in [6, 6.07) is 16.4. The van der Waals surface area contributed by atoms with Gasteiger partial charge in [-0.2, -0.15) is 0 Å². The third kappa shape index (κ3) is 6.32. The first-order valence-corrected chi connectivity index (χ1v) is 12.3. The van der Waals surface area contributed by atoms with Gasteiger partial charge in [-0.25, -0.2) is 4.79 Å². The van der Waals surface area contributed by atoms with Gasteiger partial charge in [0.15, 0.2) is 6.10 Å². The zero-order chi connectivity index (χ0) is 23.8. The van der Waals surface area contributed by atoms with E-state index in [0.717, 1.165) is 32.8 Å². The molecule has 1 unspecified atom stereocenters. The van der Waals surface area contributed by atoms with Crippen molar-refractivity contribution in [3.63, 3.8) is 0 Å². The maximum atomic E-state index is 13.1. The Kier molecular flexibility index (Phi) is 8.08. The van der Waals surface area contributed by atoms with Crippen molar-refractivity contribution >= 4 is 39.7 Å². The van der Waals surface area contributed by atoms with E-state index < -0.39 is 12.1 Å². The molecule has 0 bridgehead atoms. The number of nitrogens with zero attached hydrogens (tertiary/aromatic N) is 1. The summed E-state index contributed by atoms with van der Waals surface area (Å²) in [5, 5.41) is 11.6. The predicted molar refractivity (Wildman–Crippen MR) is 134 cm³/mol. The van der Waals surface area contributed by atoms with Crippen molar-refractivity contribution in [2.24, 2.45) is 5.16 Å². The number of para-hydroxylation sites is 1. The number of nitrogens with one attached hydrogen (secondary N) is 3. The molecule has 0 aliphatic carbocycles. The Morgan fingerprint density at radius 2 is 2.00 bits per heavy atom. The van der Waals surface area contributed by atoms with Crippen LogP contribution < -0.4 is 10.6 Å². The average Bonchev–Trinajstić information content (AvgIpc) is 3.49. The number of benzene rings is 2. The molecule has 0 saturated heterocycles. The monoisotopic (exact) mass is 480 g/mol. The number of ether oxygens (including phenoxy) is 1. The van der Waals surface area contributed by atoms with Gasteiger partial charge in [0.05, 0.1) is 6.54 Å². The number of fused-ring (bicyclic) bond motifs is 1. The lowest BCUT2D eigenvalue weighted by molar-refractivity contribution is -0.123. The Bertz CT molecular complexity index is 1150. The Morgan fingerprint density at radius 3 is 2.82 bits per heavy atom. The molecule has 1 aliphatic rings. The first-order chi connectivity index (χ1) is 16.6. The molecule has 178 valence electrons. The van der Waals surface area contributed by atoms with Gasteiger partial charge in [-0.1, -0.05) is 60.6 Å². The topological polar surface area (TPSA) is 105 Å². The van der Waals surface area contributed by atoms with E-state index in [4.69, 9.17) is 9.57 Å². The van der Waals surface area contributed by atoms with E-state index in [2.05, 4.69) is 27.7 Å².